The van der Waals surface area contributed by atoms with Gasteiger partial charge >= 0.3 is 5.97 Å². The number of hydrogen-bond acceptors (Lipinski definition) is 4. The van der Waals surface area contributed by atoms with E-state index in [2.05, 4.69) is 5.32 Å². The monoisotopic (exact) mass is 307 g/mol. The van der Waals surface area contributed by atoms with E-state index in [4.69, 9.17) is 5.11 Å². The summed E-state index contributed by atoms with van der Waals surface area (Å²) in [4.78, 5) is 22.4. The number of aromatic carboxylic acids is 1. The smallest absolute Gasteiger partial charge is 0.335 e. The predicted molar refractivity (Wildman–Crippen MR) is 80.3 cm³/mol. The molecule has 0 bridgehead atoms. The van der Waals surface area contributed by atoms with Crippen molar-refractivity contribution in [2.45, 2.75) is 10.8 Å². The van der Waals surface area contributed by atoms with E-state index in [1.54, 1.807) is 23.5 Å². The summed E-state index contributed by atoms with van der Waals surface area (Å²) >= 11 is 3.12. The van der Waals surface area contributed by atoms with Crippen molar-refractivity contribution in [2.75, 3.05) is 5.75 Å². The van der Waals surface area contributed by atoms with Gasteiger partial charge in [-0.15, -0.1) is 23.1 Å². The SMILES string of the molecule is O=C(CSc1cccs1)NCc1ccc(C(=O)O)cc1. The second kappa shape index (κ2) is 7.12. The van der Waals surface area contributed by atoms with Crippen LogP contribution in [0.15, 0.2) is 46.0 Å². The number of thiophene rings is 1. The van der Waals surface area contributed by atoms with Crippen LogP contribution in [0.4, 0.5) is 0 Å². The Morgan fingerprint density at radius 2 is 1.95 bits per heavy atom. The molecule has 0 aliphatic carbocycles. The number of benzene rings is 1. The van der Waals surface area contributed by atoms with Gasteiger partial charge in [0.1, 0.15) is 0 Å². The first-order valence-corrected chi connectivity index (χ1v) is 7.77. The van der Waals surface area contributed by atoms with E-state index in [-0.39, 0.29) is 11.5 Å². The Bertz CT molecular complexity index is 579. The minimum Gasteiger partial charge on any atom is -0.478 e. The van der Waals surface area contributed by atoms with Crippen molar-refractivity contribution in [3.8, 4) is 0 Å². The second-order valence-corrected chi connectivity index (χ2v) is 6.22. The largest absolute Gasteiger partial charge is 0.478 e. The number of carbonyl (C=O) groups is 2. The van der Waals surface area contributed by atoms with Gasteiger partial charge in [0.15, 0.2) is 0 Å². The van der Waals surface area contributed by atoms with Gasteiger partial charge in [0.05, 0.1) is 15.5 Å². The van der Waals surface area contributed by atoms with E-state index in [1.807, 2.05) is 17.5 Å². The van der Waals surface area contributed by atoms with E-state index >= 15 is 0 Å². The Morgan fingerprint density at radius 3 is 2.55 bits per heavy atom. The number of thioether (sulfide) groups is 1. The summed E-state index contributed by atoms with van der Waals surface area (Å²) in [6, 6.07) is 10.4. The van der Waals surface area contributed by atoms with Gasteiger partial charge in [0.2, 0.25) is 5.91 Å². The molecule has 4 nitrogen and oxygen atoms in total. The van der Waals surface area contributed by atoms with Gasteiger partial charge in [-0.25, -0.2) is 4.79 Å². The van der Waals surface area contributed by atoms with E-state index < -0.39 is 5.97 Å². The Hall–Kier alpha value is -1.79. The molecule has 1 heterocycles. The first kappa shape index (κ1) is 14.6. The zero-order valence-electron chi connectivity index (χ0n) is 10.5. The summed E-state index contributed by atoms with van der Waals surface area (Å²) in [5.74, 6) is -0.605. The molecule has 104 valence electrons. The summed E-state index contributed by atoms with van der Waals surface area (Å²) in [6.45, 7) is 0.406. The van der Waals surface area contributed by atoms with Crippen molar-refractivity contribution in [1.82, 2.24) is 5.32 Å². The fourth-order valence-corrected chi connectivity index (χ4v) is 3.11. The molecular formula is C14H13NO3S2. The van der Waals surface area contributed by atoms with Gasteiger partial charge in [-0.3, -0.25) is 4.79 Å². The van der Waals surface area contributed by atoms with Gasteiger partial charge in [0, 0.05) is 6.54 Å². The maximum absolute atomic E-state index is 11.7. The molecule has 2 N–H and O–H groups in total. The average molecular weight is 307 g/mol. The third-order valence-corrected chi connectivity index (χ3v) is 4.66. The number of hydrogen-bond donors (Lipinski definition) is 2. The fraction of sp³-hybridized carbons (Fsp3) is 0.143. The summed E-state index contributed by atoms with van der Waals surface area (Å²) in [6.07, 6.45) is 0. The topological polar surface area (TPSA) is 66.4 Å². The van der Waals surface area contributed by atoms with Crippen LogP contribution in [-0.2, 0) is 11.3 Å². The number of carboxylic acids is 1. The quantitative estimate of drug-likeness (QED) is 0.805. The highest BCUT2D eigenvalue weighted by atomic mass is 32.2. The molecule has 0 radical (unpaired) electrons. The second-order valence-electron chi connectivity index (χ2n) is 4.00. The van der Waals surface area contributed by atoms with Crippen molar-refractivity contribution in [3.05, 3.63) is 52.9 Å². The Morgan fingerprint density at radius 1 is 1.20 bits per heavy atom. The molecule has 0 unspecified atom stereocenters. The van der Waals surface area contributed by atoms with Gasteiger partial charge in [-0.05, 0) is 29.1 Å². The zero-order chi connectivity index (χ0) is 14.4. The minimum atomic E-state index is -0.951. The van der Waals surface area contributed by atoms with Crippen molar-refractivity contribution >= 4 is 35.0 Å². The number of rotatable bonds is 6. The molecule has 0 saturated heterocycles. The fourth-order valence-electron chi connectivity index (χ4n) is 1.50. The van der Waals surface area contributed by atoms with Crippen LogP contribution in [0.25, 0.3) is 0 Å². The van der Waals surface area contributed by atoms with Crippen LogP contribution < -0.4 is 5.32 Å². The van der Waals surface area contributed by atoms with Crippen LogP contribution >= 0.6 is 23.1 Å². The summed E-state index contributed by atoms with van der Waals surface area (Å²) in [5.41, 5.74) is 1.12. The maximum Gasteiger partial charge on any atom is 0.335 e. The molecule has 0 aliphatic heterocycles. The lowest BCUT2D eigenvalue weighted by Gasteiger charge is -2.05. The highest BCUT2D eigenvalue weighted by Gasteiger charge is 2.05. The van der Waals surface area contributed by atoms with Crippen molar-refractivity contribution in [1.29, 1.82) is 0 Å². The zero-order valence-corrected chi connectivity index (χ0v) is 12.2. The molecular weight excluding hydrogens is 294 g/mol. The van der Waals surface area contributed by atoms with Crippen molar-refractivity contribution in [2.24, 2.45) is 0 Å². The standard InChI is InChI=1S/C14H13NO3S2/c16-12(9-20-13-2-1-7-19-13)15-8-10-3-5-11(6-4-10)14(17)18/h1-7H,8-9H2,(H,15,16)(H,17,18). The molecule has 0 fully saturated rings. The normalized spacial score (nSPS) is 10.2. The molecule has 6 heteroatoms. The maximum atomic E-state index is 11.7. The number of amides is 1. The highest BCUT2D eigenvalue weighted by Crippen LogP contribution is 2.22. The van der Waals surface area contributed by atoms with Gasteiger partial charge in [0.25, 0.3) is 0 Å². The lowest BCUT2D eigenvalue weighted by Crippen LogP contribution is -2.24. The van der Waals surface area contributed by atoms with E-state index in [9.17, 15) is 9.59 Å². The lowest BCUT2D eigenvalue weighted by molar-refractivity contribution is -0.118. The van der Waals surface area contributed by atoms with Crippen LogP contribution in [-0.4, -0.2) is 22.7 Å². The number of carbonyl (C=O) groups excluding carboxylic acids is 1. The van der Waals surface area contributed by atoms with E-state index in [0.717, 1.165) is 9.77 Å². The predicted octanol–water partition coefficient (Wildman–Crippen LogP) is 2.85. The van der Waals surface area contributed by atoms with Gasteiger partial charge in [-0.2, -0.15) is 0 Å². The molecule has 2 rings (SSSR count). The molecule has 0 saturated carbocycles. The summed E-state index contributed by atoms with van der Waals surface area (Å²) in [5, 5.41) is 13.6. The first-order valence-electron chi connectivity index (χ1n) is 5.90. The lowest BCUT2D eigenvalue weighted by atomic mass is 10.1. The molecule has 1 aromatic carbocycles. The third-order valence-electron chi connectivity index (χ3n) is 2.53. The Balaban J connectivity index is 1.76. The van der Waals surface area contributed by atoms with Gasteiger partial charge < -0.3 is 10.4 Å². The molecule has 20 heavy (non-hydrogen) atoms. The molecule has 1 amide bonds. The highest BCUT2D eigenvalue weighted by molar-refractivity contribution is 8.01. The van der Waals surface area contributed by atoms with Crippen LogP contribution in [0.5, 0.6) is 0 Å². The van der Waals surface area contributed by atoms with Gasteiger partial charge in [-0.1, -0.05) is 18.2 Å². The molecule has 0 aliphatic rings. The summed E-state index contributed by atoms with van der Waals surface area (Å²) in [7, 11) is 0. The van der Waals surface area contributed by atoms with Crippen molar-refractivity contribution in [3.63, 3.8) is 0 Å². The third kappa shape index (κ3) is 4.40. The first-order chi connectivity index (χ1) is 9.65. The molecule has 2 aromatic rings. The Labute approximate surface area is 124 Å². The van der Waals surface area contributed by atoms with Crippen LogP contribution in [0.1, 0.15) is 15.9 Å². The van der Waals surface area contributed by atoms with E-state index in [0.29, 0.717) is 12.3 Å². The molecule has 0 spiro atoms. The Kier molecular flexibility index (Phi) is 5.20. The minimum absolute atomic E-state index is 0.0364. The molecule has 0 atom stereocenters. The van der Waals surface area contributed by atoms with E-state index in [1.165, 1.54) is 23.9 Å². The number of carboxylic acid groups (broad SMARTS) is 1. The van der Waals surface area contributed by atoms with Crippen molar-refractivity contribution < 1.29 is 14.7 Å². The summed E-state index contributed by atoms with van der Waals surface area (Å²) < 4.78 is 1.12. The van der Waals surface area contributed by atoms with Crippen LogP contribution in [0.2, 0.25) is 0 Å². The average Bonchev–Trinajstić information content (AvgIpc) is 2.96. The number of nitrogens with one attached hydrogen (secondary N) is 1. The van der Waals surface area contributed by atoms with Crippen LogP contribution in [0.3, 0.4) is 0 Å². The molecule has 1 aromatic heterocycles. The van der Waals surface area contributed by atoms with Crippen LogP contribution in [0, 0.1) is 0 Å².